The quantitative estimate of drug-likeness (QED) is 0.260. The van der Waals surface area contributed by atoms with Gasteiger partial charge in [-0.15, -0.1) is 0 Å². The molecule has 0 bridgehead atoms. The van der Waals surface area contributed by atoms with Crippen LogP contribution in [0.5, 0.6) is 11.5 Å². The number of nitrogens with one attached hydrogen (secondary N) is 2. The van der Waals surface area contributed by atoms with E-state index in [2.05, 4.69) is 15.2 Å². The SMILES string of the molecule is Cc1ccc(S(=O)(=O)Nc2ccc(C(=O)N/N=C/c3cccc(Oc4ccccc4)c3)cc2)cc1. The summed E-state index contributed by atoms with van der Waals surface area (Å²) in [5.41, 5.74) is 4.87. The molecule has 0 fully saturated rings. The van der Waals surface area contributed by atoms with Gasteiger partial charge in [-0.2, -0.15) is 5.10 Å². The van der Waals surface area contributed by atoms with Crippen LogP contribution in [0.4, 0.5) is 5.69 Å². The molecule has 0 saturated heterocycles. The van der Waals surface area contributed by atoms with Crippen molar-refractivity contribution in [2.24, 2.45) is 5.10 Å². The number of amides is 1. The average Bonchev–Trinajstić information content (AvgIpc) is 2.85. The Hall–Kier alpha value is -4.43. The maximum Gasteiger partial charge on any atom is 0.271 e. The first kappa shape index (κ1) is 23.7. The number of anilines is 1. The molecule has 0 spiro atoms. The lowest BCUT2D eigenvalue weighted by Gasteiger charge is -2.09. The Bertz CT molecular complexity index is 1430. The number of aryl methyl sites for hydroxylation is 1. The van der Waals surface area contributed by atoms with Crippen molar-refractivity contribution in [3.05, 3.63) is 120 Å². The zero-order valence-electron chi connectivity index (χ0n) is 18.9. The van der Waals surface area contributed by atoms with Crippen molar-refractivity contribution < 1.29 is 17.9 Å². The lowest BCUT2D eigenvalue weighted by atomic mass is 10.2. The molecule has 0 radical (unpaired) electrons. The fourth-order valence-electron chi connectivity index (χ4n) is 3.13. The highest BCUT2D eigenvalue weighted by Gasteiger charge is 2.14. The van der Waals surface area contributed by atoms with Gasteiger partial charge in [0, 0.05) is 11.3 Å². The highest BCUT2D eigenvalue weighted by atomic mass is 32.2. The van der Waals surface area contributed by atoms with E-state index in [1.165, 1.54) is 30.5 Å². The minimum Gasteiger partial charge on any atom is -0.457 e. The van der Waals surface area contributed by atoms with Gasteiger partial charge in [-0.25, -0.2) is 13.8 Å². The fourth-order valence-corrected chi connectivity index (χ4v) is 4.19. The van der Waals surface area contributed by atoms with Crippen LogP contribution < -0.4 is 14.9 Å². The number of nitrogens with zero attached hydrogens (tertiary/aromatic N) is 1. The first-order valence-electron chi connectivity index (χ1n) is 10.7. The second kappa shape index (κ2) is 10.7. The Morgan fingerprint density at radius 1 is 0.829 bits per heavy atom. The molecule has 0 aliphatic rings. The first-order chi connectivity index (χ1) is 16.9. The van der Waals surface area contributed by atoms with Gasteiger partial charge in [-0.05, 0) is 73.2 Å². The van der Waals surface area contributed by atoms with Crippen molar-refractivity contribution in [3.8, 4) is 11.5 Å². The molecule has 176 valence electrons. The Labute approximate surface area is 204 Å². The van der Waals surface area contributed by atoms with Crippen molar-refractivity contribution in [2.75, 3.05) is 4.72 Å². The molecule has 0 unspecified atom stereocenters. The van der Waals surface area contributed by atoms with E-state index in [9.17, 15) is 13.2 Å². The summed E-state index contributed by atoms with van der Waals surface area (Å²) in [6.07, 6.45) is 1.51. The van der Waals surface area contributed by atoms with E-state index >= 15 is 0 Å². The monoisotopic (exact) mass is 485 g/mol. The van der Waals surface area contributed by atoms with Crippen LogP contribution in [0.3, 0.4) is 0 Å². The number of rotatable bonds is 8. The molecule has 4 rings (SSSR count). The number of carbonyl (C=O) groups is 1. The van der Waals surface area contributed by atoms with E-state index in [1.807, 2.05) is 55.5 Å². The van der Waals surface area contributed by atoms with Crippen molar-refractivity contribution >= 4 is 27.8 Å². The number of benzene rings is 4. The molecule has 4 aromatic rings. The van der Waals surface area contributed by atoms with Crippen LogP contribution >= 0.6 is 0 Å². The lowest BCUT2D eigenvalue weighted by Crippen LogP contribution is -2.18. The van der Waals surface area contributed by atoms with E-state index in [-0.39, 0.29) is 4.90 Å². The maximum atomic E-state index is 12.5. The largest absolute Gasteiger partial charge is 0.457 e. The second-order valence-corrected chi connectivity index (χ2v) is 9.37. The predicted octanol–water partition coefficient (Wildman–Crippen LogP) is 5.35. The molecular weight excluding hydrogens is 462 g/mol. The summed E-state index contributed by atoms with van der Waals surface area (Å²) in [5, 5.41) is 4.00. The molecular formula is C27H23N3O4S. The van der Waals surface area contributed by atoms with Gasteiger partial charge in [0.05, 0.1) is 11.1 Å². The van der Waals surface area contributed by atoms with E-state index in [4.69, 9.17) is 4.74 Å². The lowest BCUT2D eigenvalue weighted by molar-refractivity contribution is 0.0955. The minimum atomic E-state index is -3.72. The first-order valence-corrected chi connectivity index (χ1v) is 12.2. The summed E-state index contributed by atoms with van der Waals surface area (Å²) in [6, 6.07) is 29.3. The van der Waals surface area contributed by atoms with Crippen molar-refractivity contribution in [1.29, 1.82) is 0 Å². The third-order valence-corrected chi connectivity index (χ3v) is 6.34. The van der Waals surface area contributed by atoms with E-state index < -0.39 is 15.9 Å². The van der Waals surface area contributed by atoms with Crippen LogP contribution in [0.1, 0.15) is 21.5 Å². The smallest absolute Gasteiger partial charge is 0.271 e. The minimum absolute atomic E-state index is 0.164. The van der Waals surface area contributed by atoms with Crippen LogP contribution in [0, 0.1) is 6.92 Å². The number of hydrogen-bond acceptors (Lipinski definition) is 5. The molecule has 8 heteroatoms. The Morgan fingerprint density at radius 2 is 1.51 bits per heavy atom. The topological polar surface area (TPSA) is 96.9 Å². The molecule has 0 atom stereocenters. The summed E-state index contributed by atoms with van der Waals surface area (Å²) in [6.45, 7) is 1.88. The van der Waals surface area contributed by atoms with Gasteiger partial charge in [0.1, 0.15) is 11.5 Å². The molecule has 0 aliphatic heterocycles. The summed E-state index contributed by atoms with van der Waals surface area (Å²) >= 11 is 0. The molecule has 0 saturated carbocycles. The summed E-state index contributed by atoms with van der Waals surface area (Å²) in [7, 11) is -3.72. The van der Waals surface area contributed by atoms with Gasteiger partial charge >= 0.3 is 0 Å². The van der Waals surface area contributed by atoms with Crippen molar-refractivity contribution in [3.63, 3.8) is 0 Å². The number of hydrogen-bond donors (Lipinski definition) is 2. The summed E-state index contributed by atoms with van der Waals surface area (Å²) in [5.74, 6) is 0.945. The van der Waals surface area contributed by atoms with Crippen LogP contribution in [0.2, 0.25) is 0 Å². The average molecular weight is 486 g/mol. The predicted molar refractivity (Wildman–Crippen MR) is 136 cm³/mol. The third-order valence-electron chi connectivity index (χ3n) is 4.95. The number of sulfonamides is 1. The summed E-state index contributed by atoms with van der Waals surface area (Å²) in [4.78, 5) is 12.6. The molecule has 4 aromatic carbocycles. The maximum absolute atomic E-state index is 12.5. The van der Waals surface area contributed by atoms with Crippen LogP contribution in [-0.2, 0) is 10.0 Å². The molecule has 1 amide bonds. The Kier molecular flexibility index (Phi) is 7.23. The van der Waals surface area contributed by atoms with Crippen LogP contribution in [0.15, 0.2) is 113 Å². The molecule has 0 aliphatic carbocycles. The van der Waals surface area contributed by atoms with Gasteiger partial charge in [0.25, 0.3) is 15.9 Å². The summed E-state index contributed by atoms with van der Waals surface area (Å²) < 4.78 is 33.3. The van der Waals surface area contributed by atoms with Crippen molar-refractivity contribution in [2.45, 2.75) is 11.8 Å². The van der Waals surface area contributed by atoms with Crippen LogP contribution in [-0.4, -0.2) is 20.5 Å². The molecule has 35 heavy (non-hydrogen) atoms. The van der Waals surface area contributed by atoms with Gasteiger partial charge in [-0.1, -0.05) is 48.0 Å². The number of carbonyl (C=O) groups excluding carboxylic acids is 1. The van der Waals surface area contributed by atoms with Crippen LogP contribution in [0.25, 0.3) is 0 Å². The van der Waals surface area contributed by atoms with Gasteiger partial charge < -0.3 is 4.74 Å². The Balaban J connectivity index is 1.35. The van der Waals surface area contributed by atoms with Crippen molar-refractivity contribution in [1.82, 2.24) is 5.43 Å². The van der Waals surface area contributed by atoms with Gasteiger partial charge in [-0.3, -0.25) is 9.52 Å². The van der Waals surface area contributed by atoms with Gasteiger partial charge in [0.15, 0.2) is 0 Å². The molecule has 2 N–H and O–H groups in total. The Morgan fingerprint density at radius 3 is 2.23 bits per heavy atom. The molecule has 0 aromatic heterocycles. The molecule has 0 heterocycles. The second-order valence-electron chi connectivity index (χ2n) is 7.68. The zero-order valence-corrected chi connectivity index (χ0v) is 19.7. The number of para-hydroxylation sites is 1. The highest BCUT2D eigenvalue weighted by molar-refractivity contribution is 7.92. The zero-order chi connectivity index (χ0) is 24.7. The standard InChI is InChI=1S/C27H23N3O4S/c1-20-10-16-26(17-11-20)35(32,33)30-23-14-12-22(13-15-23)27(31)29-28-19-21-6-5-9-25(18-21)34-24-7-3-2-4-8-24/h2-19,30H,1H3,(H,29,31)/b28-19+. The normalized spacial score (nSPS) is 11.2. The van der Waals surface area contributed by atoms with E-state index in [1.54, 1.807) is 30.3 Å². The number of ether oxygens (including phenoxy) is 1. The highest BCUT2D eigenvalue weighted by Crippen LogP contribution is 2.21. The van der Waals surface area contributed by atoms with Gasteiger partial charge in [0.2, 0.25) is 0 Å². The van der Waals surface area contributed by atoms with E-state index in [0.29, 0.717) is 17.0 Å². The van der Waals surface area contributed by atoms with E-state index in [0.717, 1.165) is 16.9 Å². The molecule has 7 nitrogen and oxygen atoms in total. The number of hydrazone groups is 1. The fraction of sp³-hybridized carbons (Fsp3) is 0.0370. The third kappa shape index (κ3) is 6.55.